The summed E-state index contributed by atoms with van der Waals surface area (Å²) in [7, 11) is 1.36. The van der Waals surface area contributed by atoms with Crippen LogP contribution >= 0.6 is 0 Å². The average Bonchev–Trinajstić information content (AvgIpc) is 2.36. The molecule has 5 heteroatoms. The van der Waals surface area contributed by atoms with Crippen LogP contribution in [-0.2, 0) is 20.9 Å². The Morgan fingerprint density at radius 2 is 1.89 bits per heavy atom. The number of amides is 1. The molecule has 0 fully saturated rings. The molecule has 0 spiro atoms. The van der Waals surface area contributed by atoms with Gasteiger partial charge in [-0.15, -0.1) is 0 Å². The van der Waals surface area contributed by atoms with E-state index < -0.39 is 0 Å². The topological polar surface area (TPSA) is 67.4 Å². The zero-order valence-corrected chi connectivity index (χ0v) is 10.8. The summed E-state index contributed by atoms with van der Waals surface area (Å²) < 4.78 is 4.61. The summed E-state index contributed by atoms with van der Waals surface area (Å²) >= 11 is 0. The van der Waals surface area contributed by atoms with Crippen molar-refractivity contribution in [1.29, 1.82) is 0 Å². The van der Waals surface area contributed by atoms with E-state index in [0.717, 1.165) is 11.3 Å². The van der Waals surface area contributed by atoms with E-state index in [1.807, 2.05) is 24.3 Å². The number of hydrogen-bond donors (Lipinski definition) is 2. The largest absolute Gasteiger partial charge is 0.468 e. The van der Waals surface area contributed by atoms with Gasteiger partial charge in [0, 0.05) is 19.2 Å². The Morgan fingerprint density at radius 1 is 1.28 bits per heavy atom. The monoisotopic (exact) mass is 250 g/mol. The van der Waals surface area contributed by atoms with Gasteiger partial charge in [-0.2, -0.15) is 0 Å². The minimum absolute atomic E-state index is 0.0970. The Bertz CT molecular complexity index is 415. The quantitative estimate of drug-likeness (QED) is 0.773. The van der Waals surface area contributed by atoms with Crippen molar-refractivity contribution in [1.82, 2.24) is 5.32 Å². The molecule has 98 valence electrons. The number of anilines is 1. The number of carbonyl (C=O) groups is 2. The SMILES string of the molecule is COC(=O)C(C)NCc1ccc(NC(C)=O)cc1. The zero-order valence-electron chi connectivity index (χ0n) is 10.8. The minimum atomic E-state index is -0.343. The van der Waals surface area contributed by atoms with Gasteiger partial charge in [-0.3, -0.25) is 9.59 Å². The predicted molar refractivity (Wildman–Crippen MR) is 69.1 cm³/mol. The van der Waals surface area contributed by atoms with Crippen molar-refractivity contribution < 1.29 is 14.3 Å². The first-order valence-corrected chi connectivity index (χ1v) is 5.70. The smallest absolute Gasteiger partial charge is 0.322 e. The van der Waals surface area contributed by atoms with E-state index in [1.54, 1.807) is 6.92 Å². The normalized spacial score (nSPS) is 11.7. The van der Waals surface area contributed by atoms with Crippen LogP contribution in [0, 0.1) is 0 Å². The highest BCUT2D eigenvalue weighted by molar-refractivity contribution is 5.88. The van der Waals surface area contributed by atoms with E-state index in [1.165, 1.54) is 14.0 Å². The van der Waals surface area contributed by atoms with Gasteiger partial charge in [-0.1, -0.05) is 12.1 Å². The Balaban J connectivity index is 2.48. The standard InChI is InChI=1S/C13H18N2O3/c1-9(13(17)18-3)14-8-11-4-6-12(7-5-11)15-10(2)16/h4-7,9,14H,8H2,1-3H3,(H,15,16). The molecule has 0 aromatic heterocycles. The van der Waals surface area contributed by atoms with Crippen LogP contribution < -0.4 is 10.6 Å². The number of esters is 1. The molecule has 1 atom stereocenters. The Kier molecular flexibility index (Phi) is 5.32. The maximum atomic E-state index is 11.2. The molecule has 0 heterocycles. The lowest BCUT2D eigenvalue weighted by molar-refractivity contribution is -0.142. The summed E-state index contributed by atoms with van der Waals surface area (Å²) in [4.78, 5) is 22.0. The highest BCUT2D eigenvalue weighted by atomic mass is 16.5. The van der Waals surface area contributed by atoms with E-state index >= 15 is 0 Å². The number of carbonyl (C=O) groups excluding carboxylic acids is 2. The van der Waals surface area contributed by atoms with Crippen LogP contribution in [0.3, 0.4) is 0 Å². The van der Waals surface area contributed by atoms with Crippen molar-refractivity contribution in [2.45, 2.75) is 26.4 Å². The molecule has 0 bridgehead atoms. The number of nitrogens with one attached hydrogen (secondary N) is 2. The van der Waals surface area contributed by atoms with Gasteiger partial charge in [0.2, 0.25) is 5.91 Å². The third kappa shape index (κ3) is 4.55. The van der Waals surface area contributed by atoms with Crippen LogP contribution in [0.15, 0.2) is 24.3 Å². The highest BCUT2D eigenvalue weighted by Gasteiger charge is 2.11. The van der Waals surface area contributed by atoms with Crippen LogP contribution in [-0.4, -0.2) is 25.0 Å². The molecule has 1 aromatic carbocycles. The van der Waals surface area contributed by atoms with Crippen LogP contribution in [0.2, 0.25) is 0 Å². The molecule has 0 saturated heterocycles. The second kappa shape index (κ2) is 6.76. The average molecular weight is 250 g/mol. The number of hydrogen-bond acceptors (Lipinski definition) is 4. The molecular weight excluding hydrogens is 232 g/mol. The first kappa shape index (κ1) is 14.2. The molecular formula is C13H18N2O3. The fourth-order valence-electron chi connectivity index (χ4n) is 1.44. The summed E-state index contributed by atoms with van der Waals surface area (Å²) in [6.45, 7) is 3.78. The second-order valence-corrected chi connectivity index (χ2v) is 4.00. The third-order valence-electron chi connectivity index (χ3n) is 2.44. The molecule has 0 radical (unpaired) electrons. The molecule has 0 saturated carbocycles. The minimum Gasteiger partial charge on any atom is -0.468 e. The Hall–Kier alpha value is -1.88. The van der Waals surface area contributed by atoms with Crippen molar-refractivity contribution in [2.75, 3.05) is 12.4 Å². The number of ether oxygens (including phenoxy) is 1. The molecule has 0 aliphatic heterocycles. The van der Waals surface area contributed by atoms with E-state index in [0.29, 0.717) is 6.54 Å². The van der Waals surface area contributed by atoms with Gasteiger partial charge in [0.15, 0.2) is 0 Å². The summed E-state index contributed by atoms with van der Waals surface area (Å²) in [6, 6.07) is 7.08. The lowest BCUT2D eigenvalue weighted by Gasteiger charge is -2.11. The van der Waals surface area contributed by atoms with Crippen molar-refractivity contribution in [2.24, 2.45) is 0 Å². The van der Waals surface area contributed by atoms with Crippen LogP contribution in [0.4, 0.5) is 5.69 Å². The zero-order chi connectivity index (χ0) is 13.5. The fourth-order valence-corrected chi connectivity index (χ4v) is 1.44. The first-order chi connectivity index (χ1) is 8.52. The van der Waals surface area contributed by atoms with Crippen molar-refractivity contribution >= 4 is 17.6 Å². The second-order valence-electron chi connectivity index (χ2n) is 4.00. The Morgan fingerprint density at radius 3 is 2.39 bits per heavy atom. The molecule has 5 nitrogen and oxygen atoms in total. The third-order valence-corrected chi connectivity index (χ3v) is 2.44. The van der Waals surface area contributed by atoms with Gasteiger partial charge in [0.05, 0.1) is 7.11 Å². The molecule has 1 aromatic rings. The van der Waals surface area contributed by atoms with E-state index in [-0.39, 0.29) is 17.9 Å². The summed E-state index contributed by atoms with van der Waals surface area (Å²) in [5.41, 5.74) is 1.78. The molecule has 1 amide bonds. The summed E-state index contributed by atoms with van der Waals surface area (Å²) in [5.74, 6) is -0.384. The van der Waals surface area contributed by atoms with Gasteiger partial charge in [-0.05, 0) is 24.6 Å². The number of rotatable bonds is 5. The van der Waals surface area contributed by atoms with Gasteiger partial charge in [0.25, 0.3) is 0 Å². The molecule has 1 rings (SSSR count). The van der Waals surface area contributed by atoms with Crippen LogP contribution in [0.25, 0.3) is 0 Å². The molecule has 2 N–H and O–H groups in total. The Labute approximate surface area is 107 Å². The van der Waals surface area contributed by atoms with Crippen LogP contribution in [0.1, 0.15) is 19.4 Å². The maximum absolute atomic E-state index is 11.2. The molecule has 0 aliphatic rings. The van der Waals surface area contributed by atoms with Gasteiger partial charge >= 0.3 is 5.97 Å². The number of benzene rings is 1. The van der Waals surface area contributed by atoms with Crippen molar-refractivity contribution in [3.8, 4) is 0 Å². The van der Waals surface area contributed by atoms with Crippen LogP contribution in [0.5, 0.6) is 0 Å². The summed E-state index contributed by atoms with van der Waals surface area (Å²) in [6.07, 6.45) is 0. The van der Waals surface area contributed by atoms with Crippen molar-refractivity contribution in [3.05, 3.63) is 29.8 Å². The number of methoxy groups -OCH3 is 1. The van der Waals surface area contributed by atoms with Gasteiger partial charge in [0.1, 0.15) is 6.04 Å². The first-order valence-electron chi connectivity index (χ1n) is 5.70. The fraction of sp³-hybridized carbons (Fsp3) is 0.385. The van der Waals surface area contributed by atoms with Gasteiger partial charge in [-0.25, -0.2) is 0 Å². The predicted octanol–water partition coefficient (Wildman–Crippen LogP) is 1.30. The van der Waals surface area contributed by atoms with E-state index in [2.05, 4.69) is 15.4 Å². The maximum Gasteiger partial charge on any atom is 0.322 e. The lowest BCUT2D eigenvalue weighted by atomic mass is 10.2. The highest BCUT2D eigenvalue weighted by Crippen LogP contribution is 2.09. The molecule has 1 unspecified atom stereocenters. The van der Waals surface area contributed by atoms with Gasteiger partial charge < -0.3 is 15.4 Å². The van der Waals surface area contributed by atoms with E-state index in [4.69, 9.17) is 0 Å². The van der Waals surface area contributed by atoms with E-state index in [9.17, 15) is 9.59 Å². The molecule has 18 heavy (non-hydrogen) atoms. The lowest BCUT2D eigenvalue weighted by Crippen LogP contribution is -2.34. The summed E-state index contributed by atoms with van der Waals surface area (Å²) in [5, 5.41) is 5.74. The molecule has 0 aliphatic carbocycles. The van der Waals surface area contributed by atoms with Crippen molar-refractivity contribution in [3.63, 3.8) is 0 Å².